The number of carbonyl (C=O) groups excluding carboxylic acids is 2. The van der Waals surface area contributed by atoms with Crippen molar-refractivity contribution in [3.05, 3.63) is 106 Å². The highest BCUT2D eigenvalue weighted by atomic mass is 32.1. The Hall–Kier alpha value is -5.67. The van der Waals surface area contributed by atoms with Gasteiger partial charge >= 0.3 is 0 Å². The lowest BCUT2D eigenvalue weighted by molar-refractivity contribution is -0.133. The van der Waals surface area contributed by atoms with Crippen molar-refractivity contribution in [2.24, 2.45) is 14.1 Å². The third kappa shape index (κ3) is 6.49. The van der Waals surface area contributed by atoms with Crippen molar-refractivity contribution < 1.29 is 19.1 Å². The van der Waals surface area contributed by atoms with E-state index in [9.17, 15) is 9.59 Å². The first kappa shape index (κ1) is 39.2. The molecule has 8 nitrogen and oxygen atoms in total. The lowest BCUT2D eigenvalue weighted by Crippen LogP contribution is -2.56. The van der Waals surface area contributed by atoms with E-state index in [1.165, 1.54) is 10.8 Å². The molecule has 3 heterocycles. The van der Waals surface area contributed by atoms with Crippen LogP contribution in [0.15, 0.2) is 95.1 Å². The van der Waals surface area contributed by atoms with Crippen molar-refractivity contribution in [1.29, 1.82) is 0 Å². The average Bonchev–Trinajstić information content (AvgIpc) is 3.84. The van der Waals surface area contributed by atoms with Gasteiger partial charge in [-0.05, 0) is 105 Å². The quantitative estimate of drug-likeness (QED) is 0.0536. The SMILES string of the molecule is CCCCOc1ccc2c3c1cccc3/c(=C\C=C1/CC/C(=C\C=c3/c4cccc5c(OCCCC)ccc(c54)n3C)C1=C1C(=O)N(CC)C(=S)N(CC)C1=O)n2C. The van der Waals surface area contributed by atoms with E-state index in [0.717, 1.165) is 91.6 Å². The number of allylic oxidation sites excluding steroid dienone is 5. The number of rotatable bonds is 12. The summed E-state index contributed by atoms with van der Waals surface area (Å²) in [6.07, 6.45) is 14.0. The maximum absolute atomic E-state index is 14.4. The Morgan fingerprint density at radius 1 is 0.586 bits per heavy atom. The minimum absolute atomic E-state index is 0.183. The van der Waals surface area contributed by atoms with Crippen LogP contribution in [0.4, 0.5) is 0 Å². The molecule has 2 amide bonds. The van der Waals surface area contributed by atoms with Gasteiger partial charge in [-0.1, -0.05) is 75.2 Å². The van der Waals surface area contributed by atoms with Crippen LogP contribution in [0.2, 0.25) is 0 Å². The van der Waals surface area contributed by atoms with E-state index < -0.39 is 0 Å². The van der Waals surface area contributed by atoms with Gasteiger partial charge in [-0.15, -0.1) is 0 Å². The van der Waals surface area contributed by atoms with Gasteiger partial charge in [-0.25, -0.2) is 0 Å². The highest BCUT2D eigenvalue weighted by Gasteiger charge is 2.42. The Kier molecular flexibility index (Phi) is 11.0. The van der Waals surface area contributed by atoms with Crippen molar-refractivity contribution in [2.45, 2.75) is 66.2 Å². The lowest BCUT2D eigenvalue weighted by atomic mass is 9.95. The van der Waals surface area contributed by atoms with Gasteiger partial charge in [0.2, 0.25) is 0 Å². The molecule has 6 aromatic rings. The van der Waals surface area contributed by atoms with Crippen LogP contribution in [0.25, 0.3) is 55.5 Å². The minimum Gasteiger partial charge on any atom is -0.493 e. The third-order valence-corrected chi connectivity index (χ3v) is 12.4. The van der Waals surface area contributed by atoms with Crippen LogP contribution >= 0.6 is 12.2 Å². The van der Waals surface area contributed by atoms with Crippen molar-refractivity contribution >= 4 is 84.6 Å². The van der Waals surface area contributed by atoms with Gasteiger partial charge in [0.25, 0.3) is 11.8 Å². The Balaban J connectivity index is 1.30. The maximum atomic E-state index is 14.4. The summed E-state index contributed by atoms with van der Waals surface area (Å²) in [6, 6.07) is 21.2. The number of unbranched alkanes of at least 4 members (excludes halogenated alkanes) is 2. The van der Waals surface area contributed by atoms with E-state index in [0.29, 0.717) is 44.7 Å². The zero-order valence-corrected chi connectivity index (χ0v) is 35.3. The Labute approximate surface area is 345 Å². The largest absolute Gasteiger partial charge is 0.493 e. The fraction of sp³-hybridized carbons (Fsp3) is 0.327. The lowest BCUT2D eigenvalue weighted by Gasteiger charge is -2.36. The number of aromatic nitrogens is 2. The van der Waals surface area contributed by atoms with Crippen LogP contribution in [-0.4, -0.2) is 62.2 Å². The molecule has 58 heavy (non-hydrogen) atoms. The summed E-state index contributed by atoms with van der Waals surface area (Å²) in [6.45, 7) is 10.3. The van der Waals surface area contributed by atoms with Crippen molar-refractivity contribution in [3.63, 3.8) is 0 Å². The van der Waals surface area contributed by atoms with Gasteiger partial charge in [0.15, 0.2) is 5.11 Å². The fourth-order valence-corrected chi connectivity index (χ4v) is 9.25. The zero-order chi connectivity index (χ0) is 40.7. The van der Waals surface area contributed by atoms with Gasteiger partial charge in [0.05, 0.1) is 13.2 Å². The highest BCUT2D eigenvalue weighted by Crippen LogP contribution is 2.41. The summed E-state index contributed by atoms with van der Waals surface area (Å²) < 4.78 is 16.9. The molecule has 0 N–H and O–H groups in total. The summed E-state index contributed by atoms with van der Waals surface area (Å²) in [5.74, 6) is 1.12. The van der Waals surface area contributed by atoms with E-state index in [1.807, 2.05) is 13.8 Å². The van der Waals surface area contributed by atoms with Gasteiger partial charge in [-0.3, -0.25) is 19.4 Å². The molecule has 298 valence electrons. The van der Waals surface area contributed by atoms with Crippen LogP contribution in [0.5, 0.6) is 11.5 Å². The van der Waals surface area contributed by atoms with E-state index in [-0.39, 0.29) is 22.5 Å². The summed E-state index contributed by atoms with van der Waals surface area (Å²) in [5, 5.41) is 9.14. The van der Waals surface area contributed by atoms with E-state index in [4.69, 9.17) is 21.7 Å². The Morgan fingerprint density at radius 3 is 1.43 bits per heavy atom. The molecule has 2 aliphatic rings. The molecule has 0 spiro atoms. The molecule has 0 bridgehead atoms. The molecule has 1 saturated carbocycles. The number of hydrogen-bond acceptors (Lipinski definition) is 5. The van der Waals surface area contributed by atoms with Crippen LogP contribution in [0.3, 0.4) is 0 Å². The molecule has 0 atom stereocenters. The number of likely N-dealkylation sites (N-methyl/N-ethyl adjacent to an activating group) is 2. The topological polar surface area (TPSA) is 68.9 Å². The normalized spacial score (nSPS) is 17.4. The number of ether oxygens (including phenoxy) is 2. The number of thiocarbonyl (C=S) groups is 1. The highest BCUT2D eigenvalue weighted by molar-refractivity contribution is 7.80. The summed E-state index contributed by atoms with van der Waals surface area (Å²) in [5.41, 5.74) is 5.03. The summed E-state index contributed by atoms with van der Waals surface area (Å²) in [7, 11) is 4.18. The molecule has 2 aromatic heterocycles. The van der Waals surface area contributed by atoms with Gasteiger partial charge in [0.1, 0.15) is 17.1 Å². The van der Waals surface area contributed by atoms with Crippen LogP contribution in [-0.2, 0) is 23.7 Å². The first-order chi connectivity index (χ1) is 28.2. The molecule has 2 fully saturated rings. The van der Waals surface area contributed by atoms with E-state index in [2.05, 4.69) is 122 Å². The summed E-state index contributed by atoms with van der Waals surface area (Å²) >= 11 is 5.68. The second-order valence-electron chi connectivity index (χ2n) is 15.3. The number of hydrogen-bond donors (Lipinski definition) is 0. The number of nitrogens with zero attached hydrogens (tertiary/aromatic N) is 4. The first-order valence-corrected chi connectivity index (χ1v) is 21.2. The molecule has 1 aliphatic heterocycles. The number of benzene rings is 4. The third-order valence-electron chi connectivity index (χ3n) is 11.9. The molecule has 4 aromatic carbocycles. The second-order valence-corrected chi connectivity index (χ2v) is 15.6. The van der Waals surface area contributed by atoms with Gasteiger partial charge in [0, 0.05) is 81.2 Å². The van der Waals surface area contributed by atoms with Crippen LogP contribution in [0, 0.1) is 0 Å². The zero-order valence-electron chi connectivity index (χ0n) is 34.5. The van der Waals surface area contributed by atoms with E-state index in [1.54, 1.807) is 9.80 Å². The predicted octanol–water partition coefficient (Wildman–Crippen LogP) is 8.97. The number of carbonyl (C=O) groups is 2. The molecule has 1 aliphatic carbocycles. The fourth-order valence-electron chi connectivity index (χ4n) is 8.83. The molecule has 1 saturated heterocycles. The van der Waals surface area contributed by atoms with Crippen LogP contribution in [0.1, 0.15) is 66.2 Å². The predicted molar refractivity (Wildman–Crippen MR) is 241 cm³/mol. The number of amides is 2. The molecular formula is C49H52N4O4S. The molecule has 9 heteroatoms. The first-order valence-electron chi connectivity index (χ1n) is 20.8. The van der Waals surface area contributed by atoms with Crippen molar-refractivity contribution in [1.82, 2.24) is 18.9 Å². The Morgan fingerprint density at radius 2 is 1.02 bits per heavy atom. The summed E-state index contributed by atoms with van der Waals surface area (Å²) in [4.78, 5) is 31.8. The smallest absolute Gasteiger partial charge is 0.266 e. The Bertz CT molecular complexity index is 2650. The standard InChI is InChI=1S/C49H52N4O4S/c1-7-11-29-56-41-27-25-39-44-33(15-13-17-35(41)44)37(50(39)5)23-21-31-19-20-32(43(31)46-47(54)52(9-3)49(58)53(10-4)48(46)55)22-24-38-34-16-14-18-36-42(57-30-12-8-2)28-26-40(45(34)36)51(38)6/h13-18,21-28H,7-12,19-20,29-30H2,1-6H3/b31-21+,32-22+,37-23+,38-24+. The van der Waals surface area contributed by atoms with E-state index >= 15 is 0 Å². The van der Waals surface area contributed by atoms with Crippen LogP contribution < -0.4 is 20.2 Å². The van der Waals surface area contributed by atoms with Crippen molar-refractivity contribution in [3.8, 4) is 11.5 Å². The average molecular weight is 793 g/mol. The number of aryl methyl sites for hydroxylation is 2. The molecule has 8 rings (SSSR count). The minimum atomic E-state index is -0.340. The maximum Gasteiger partial charge on any atom is 0.266 e. The second kappa shape index (κ2) is 16.3. The molecule has 0 unspecified atom stereocenters. The van der Waals surface area contributed by atoms with Gasteiger partial charge in [-0.2, -0.15) is 0 Å². The van der Waals surface area contributed by atoms with Gasteiger partial charge < -0.3 is 18.6 Å². The monoisotopic (exact) mass is 792 g/mol. The molecule has 0 radical (unpaired) electrons. The molecular weight excluding hydrogens is 741 g/mol. The van der Waals surface area contributed by atoms with Crippen molar-refractivity contribution in [2.75, 3.05) is 26.3 Å².